The molecule has 2 N–H and O–H groups in total. The van der Waals surface area contributed by atoms with Crippen molar-refractivity contribution in [2.45, 2.75) is 0 Å². The van der Waals surface area contributed by atoms with Crippen LogP contribution in [0.5, 0.6) is 0 Å². The van der Waals surface area contributed by atoms with Gasteiger partial charge in [-0.15, -0.1) is 0 Å². The number of carbonyl (C=O) groups is 1. The third-order valence-electron chi connectivity index (χ3n) is 2.59. The first-order valence-corrected chi connectivity index (χ1v) is 5.23. The Labute approximate surface area is 103 Å². The van der Waals surface area contributed by atoms with Gasteiger partial charge in [0.15, 0.2) is 0 Å². The summed E-state index contributed by atoms with van der Waals surface area (Å²) in [6.45, 7) is 0. The van der Waals surface area contributed by atoms with Crippen LogP contribution in [0.4, 0.5) is 5.82 Å². The highest BCUT2D eigenvalue weighted by Gasteiger charge is 2.20. The first kappa shape index (κ1) is 10.4. The van der Waals surface area contributed by atoms with Gasteiger partial charge in [-0.3, -0.25) is 4.79 Å². The zero-order valence-electron chi connectivity index (χ0n) is 9.24. The van der Waals surface area contributed by atoms with Gasteiger partial charge >= 0.3 is 0 Å². The van der Waals surface area contributed by atoms with Crippen molar-refractivity contribution in [3.8, 4) is 11.3 Å². The highest BCUT2D eigenvalue weighted by molar-refractivity contribution is 6.04. The van der Waals surface area contributed by atoms with Crippen LogP contribution in [0.25, 0.3) is 17.3 Å². The molecular formula is C12H8N5O. The van der Waals surface area contributed by atoms with Gasteiger partial charge in [0.05, 0.1) is 11.3 Å². The Bertz CT molecular complexity index is 651. The lowest BCUT2D eigenvalue weighted by molar-refractivity contribution is 0.0965. The van der Waals surface area contributed by atoms with Crippen molar-refractivity contribution in [2.24, 2.45) is 0 Å². The molecule has 1 amide bonds. The molecule has 0 bridgehead atoms. The van der Waals surface area contributed by atoms with Crippen LogP contribution in [0, 0.1) is 0 Å². The van der Waals surface area contributed by atoms with Crippen LogP contribution in [-0.4, -0.2) is 20.9 Å². The smallest absolute Gasteiger partial charge is 0.281 e. The molecule has 1 radical (unpaired) electrons. The fourth-order valence-corrected chi connectivity index (χ4v) is 1.78. The third kappa shape index (κ3) is 1.60. The number of pyridine rings is 1. The van der Waals surface area contributed by atoms with E-state index in [0.717, 1.165) is 5.56 Å². The zero-order valence-corrected chi connectivity index (χ0v) is 9.24. The van der Waals surface area contributed by atoms with Crippen LogP contribution in [0.2, 0.25) is 0 Å². The molecule has 0 aromatic carbocycles. The average Bonchev–Trinajstić information content (AvgIpc) is 2.39. The summed E-state index contributed by atoms with van der Waals surface area (Å²) < 4.78 is 0. The summed E-state index contributed by atoms with van der Waals surface area (Å²) in [6.07, 6.45) is 7.89. The summed E-state index contributed by atoms with van der Waals surface area (Å²) in [4.78, 5) is 23.6. The number of aromatic nitrogens is 3. The van der Waals surface area contributed by atoms with Crippen molar-refractivity contribution < 1.29 is 4.79 Å². The minimum atomic E-state index is -0.367. The van der Waals surface area contributed by atoms with E-state index in [1.54, 1.807) is 24.5 Å². The van der Waals surface area contributed by atoms with Gasteiger partial charge in [-0.2, -0.15) is 0 Å². The van der Waals surface area contributed by atoms with Crippen molar-refractivity contribution in [3.05, 3.63) is 42.1 Å². The van der Waals surface area contributed by atoms with Gasteiger partial charge in [-0.1, -0.05) is 0 Å². The number of hydrogen-bond donors (Lipinski definition) is 1. The molecule has 6 nitrogen and oxygen atoms in total. The standard InChI is InChI=1S/C12H8N5O/c13-11-10-7(1-2-16-12(10)18)3-9(17-11)8-4-14-6-15-5-8/h1-6H,(H2,13,17). The Kier molecular flexibility index (Phi) is 2.26. The van der Waals surface area contributed by atoms with E-state index < -0.39 is 0 Å². The predicted molar refractivity (Wildman–Crippen MR) is 65.2 cm³/mol. The lowest BCUT2D eigenvalue weighted by Gasteiger charge is -2.12. The Morgan fingerprint density at radius 2 is 1.94 bits per heavy atom. The minimum Gasteiger partial charge on any atom is -0.383 e. The van der Waals surface area contributed by atoms with Crippen molar-refractivity contribution in [3.63, 3.8) is 0 Å². The maximum absolute atomic E-state index is 11.6. The molecule has 0 saturated heterocycles. The average molecular weight is 238 g/mol. The number of rotatable bonds is 1. The molecule has 3 heterocycles. The number of fused-ring (bicyclic) bond motifs is 1. The van der Waals surface area contributed by atoms with Gasteiger partial charge in [-0.25, -0.2) is 20.3 Å². The molecule has 2 aromatic heterocycles. The Morgan fingerprint density at radius 1 is 1.17 bits per heavy atom. The highest BCUT2D eigenvalue weighted by atomic mass is 16.1. The van der Waals surface area contributed by atoms with E-state index in [4.69, 9.17) is 5.73 Å². The molecule has 3 rings (SSSR count). The van der Waals surface area contributed by atoms with Crippen molar-refractivity contribution in [2.75, 3.05) is 5.73 Å². The van der Waals surface area contributed by atoms with E-state index in [0.29, 0.717) is 16.8 Å². The number of carbonyl (C=O) groups excluding carboxylic acids is 1. The summed E-state index contributed by atoms with van der Waals surface area (Å²) >= 11 is 0. The van der Waals surface area contributed by atoms with E-state index >= 15 is 0 Å². The highest BCUT2D eigenvalue weighted by Crippen LogP contribution is 2.25. The molecule has 6 heteroatoms. The fourth-order valence-electron chi connectivity index (χ4n) is 1.78. The first-order chi connectivity index (χ1) is 8.75. The normalized spacial score (nSPS) is 13.0. The molecule has 0 aliphatic carbocycles. The Balaban J connectivity index is 2.19. The molecule has 1 aliphatic rings. The van der Waals surface area contributed by atoms with Gasteiger partial charge in [0.2, 0.25) is 0 Å². The molecule has 0 saturated carbocycles. The van der Waals surface area contributed by atoms with E-state index in [1.165, 1.54) is 12.5 Å². The Hall–Kier alpha value is -2.76. The van der Waals surface area contributed by atoms with Crippen LogP contribution in [-0.2, 0) is 0 Å². The van der Waals surface area contributed by atoms with E-state index in [1.807, 2.05) is 0 Å². The minimum absolute atomic E-state index is 0.171. The van der Waals surface area contributed by atoms with Gasteiger partial charge < -0.3 is 5.73 Å². The largest absolute Gasteiger partial charge is 0.383 e. The first-order valence-electron chi connectivity index (χ1n) is 5.23. The van der Waals surface area contributed by atoms with E-state index in [2.05, 4.69) is 20.3 Å². The summed E-state index contributed by atoms with van der Waals surface area (Å²) in [6, 6.07) is 1.77. The maximum Gasteiger partial charge on any atom is 0.281 e. The molecule has 2 aromatic rings. The summed E-state index contributed by atoms with van der Waals surface area (Å²) in [5.41, 5.74) is 8.23. The van der Waals surface area contributed by atoms with Gasteiger partial charge in [0.25, 0.3) is 5.91 Å². The fraction of sp³-hybridized carbons (Fsp3) is 0. The number of amides is 1. The number of nitrogens with zero attached hydrogens (tertiary/aromatic N) is 4. The number of nitrogen functional groups attached to an aromatic ring is 1. The number of hydrogen-bond acceptors (Lipinski definition) is 5. The van der Waals surface area contributed by atoms with Gasteiger partial charge in [-0.05, 0) is 17.7 Å². The van der Waals surface area contributed by atoms with E-state index in [-0.39, 0.29) is 11.7 Å². The quantitative estimate of drug-likeness (QED) is 0.794. The molecule has 0 spiro atoms. The SMILES string of the molecule is Nc1nc(-c2cncnc2)cc2c1C(=O)[N]C=C2. The second-order valence-electron chi connectivity index (χ2n) is 3.73. The Morgan fingerprint density at radius 3 is 2.72 bits per heavy atom. The summed E-state index contributed by atoms with van der Waals surface area (Å²) in [5.74, 6) is -0.196. The van der Waals surface area contributed by atoms with Gasteiger partial charge in [0.1, 0.15) is 12.1 Å². The van der Waals surface area contributed by atoms with Crippen LogP contribution in [0.3, 0.4) is 0 Å². The predicted octanol–water partition coefficient (Wildman–Crippen LogP) is 0.850. The molecule has 18 heavy (non-hydrogen) atoms. The molecular weight excluding hydrogens is 230 g/mol. The third-order valence-corrected chi connectivity index (χ3v) is 2.59. The summed E-state index contributed by atoms with van der Waals surface area (Å²) in [5, 5.41) is 3.67. The second kappa shape index (κ2) is 3.92. The molecule has 0 fully saturated rings. The molecule has 1 aliphatic heterocycles. The monoisotopic (exact) mass is 238 g/mol. The van der Waals surface area contributed by atoms with Crippen LogP contribution < -0.4 is 11.1 Å². The molecule has 0 atom stereocenters. The van der Waals surface area contributed by atoms with E-state index in [9.17, 15) is 4.79 Å². The van der Waals surface area contributed by atoms with Crippen LogP contribution in [0.15, 0.2) is 31.0 Å². The number of anilines is 1. The lowest BCUT2D eigenvalue weighted by Crippen LogP contribution is -2.18. The number of nitrogens with two attached hydrogens (primary N) is 1. The van der Waals surface area contributed by atoms with Crippen LogP contribution >= 0.6 is 0 Å². The maximum atomic E-state index is 11.6. The van der Waals surface area contributed by atoms with Crippen molar-refractivity contribution >= 4 is 17.8 Å². The van der Waals surface area contributed by atoms with Gasteiger partial charge in [0, 0.05) is 24.2 Å². The van der Waals surface area contributed by atoms with Crippen LogP contribution in [0.1, 0.15) is 15.9 Å². The zero-order chi connectivity index (χ0) is 12.5. The van der Waals surface area contributed by atoms with Crippen molar-refractivity contribution in [1.82, 2.24) is 20.3 Å². The lowest BCUT2D eigenvalue weighted by atomic mass is 10.0. The molecule has 87 valence electrons. The molecule has 0 unspecified atom stereocenters. The second-order valence-corrected chi connectivity index (χ2v) is 3.73. The summed E-state index contributed by atoms with van der Waals surface area (Å²) in [7, 11) is 0. The topological polar surface area (TPSA) is 95.9 Å². The van der Waals surface area contributed by atoms with Crippen molar-refractivity contribution in [1.29, 1.82) is 0 Å².